The highest BCUT2D eigenvalue weighted by atomic mass is 79.9. The molecule has 0 saturated heterocycles. The number of terminal acetylenes is 1. The molecule has 0 atom stereocenters. The molecule has 4 heteroatoms. The van der Waals surface area contributed by atoms with E-state index in [1.165, 1.54) is 11.6 Å². The molecule has 0 radical (unpaired) electrons. The zero-order chi connectivity index (χ0) is 17.4. The van der Waals surface area contributed by atoms with Crippen molar-refractivity contribution < 1.29 is 14.3 Å². The summed E-state index contributed by atoms with van der Waals surface area (Å²) in [6.45, 7) is 2.53. The number of esters is 1. The van der Waals surface area contributed by atoms with Gasteiger partial charge in [-0.3, -0.25) is 0 Å². The Kier molecular flexibility index (Phi) is 6.65. The van der Waals surface area contributed by atoms with E-state index in [1.807, 2.05) is 36.4 Å². The number of hydrogen-bond donors (Lipinski definition) is 0. The quantitative estimate of drug-likeness (QED) is 0.417. The Labute approximate surface area is 150 Å². The lowest BCUT2D eigenvalue weighted by molar-refractivity contribution is -0.136. The smallest absolute Gasteiger partial charge is 0.331 e. The van der Waals surface area contributed by atoms with Gasteiger partial charge in [-0.25, -0.2) is 4.79 Å². The Morgan fingerprint density at radius 3 is 2.79 bits per heavy atom. The third-order valence-corrected chi connectivity index (χ3v) is 3.93. The van der Waals surface area contributed by atoms with Crippen LogP contribution < -0.4 is 4.74 Å². The standard InChI is InChI=1S/C20H17BrO3/c1-3-12-23-20(22)11-9-16-8-10-19(18(21)13-16)24-14-17-7-5-4-6-15(17)2/h1,4-11,13H,12,14H2,2H3/b11-9+. The number of hydrogen-bond acceptors (Lipinski definition) is 3. The number of aryl methyl sites for hydroxylation is 1. The van der Waals surface area contributed by atoms with Crippen molar-refractivity contribution in [3.63, 3.8) is 0 Å². The zero-order valence-corrected chi connectivity index (χ0v) is 14.9. The summed E-state index contributed by atoms with van der Waals surface area (Å²) < 4.78 is 11.4. The van der Waals surface area contributed by atoms with Crippen molar-refractivity contribution >= 4 is 28.0 Å². The SMILES string of the molecule is C#CCOC(=O)/C=C/c1ccc(OCc2ccccc2C)c(Br)c1. The van der Waals surface area contributed by atoms with Crippen LogP contribution in [0.15, 0.2) is 53.0 Å². The molecule has 2 aromatic rings. The number of carbonyl (C=O) groups is 1. The first-order valence-electron chi connectivity index (χ1n) is 7.35. The van der Waals surface area contributed by atoms with Crippen molar-refractivity contribution in [3.05, 3.63) is 69.7 Å². The molecule has 0 N–H and O–H groups in total. The molecule has 122 valence electrons. The van der Waals surface area contributed by atoms with Gasteiger partial charge < -0.3 is 9.47 Å². The topological polar surface area (TPSA) is 35.5 Å². The highest BCUT2D eigenvalue weighted by molar-refractivity contribution is 9.10. The molecule has 2 aromatic carbocycles. The molecule has 0 aromatic heterocycles. The second kappa shape index (κ2) is 8.95. The third kappa shape index (κ3) is 5.29. The van der Waals surface area contributed by atoms with Gasteiger partial charge in [-0.15, -0.1) is 6.42 Å². The molecule has 0 saturated carbocycles. The van der Waals surface area contributed by atoms with Gasteiger partial charge in [-0.05, 0) is 57.8 Å². The van der Waals surface area contributed by atoms with Crippen molar-refractivity contribution in [2.24, 2.45) is 0 Å². The summed E-state index contributed by atoms with van der Waals surface area (Å²) in [4.78, 5) is 11.4. The molecule has 0 aliphatic heterocycles. The van der Waals surface area contributed by atoms with Gasteiger partial charge in [0.15, 0.2) is 6.61 Å². The van der Waals surface area contributed by atoms with Crippen LogP contribution in [0.5, 0.6) is 5.75 Å². The minimum atomic E-state index is -0.469. The number of carbonyl (C=O) groups excluding carboxylic acids is 1. The monoisotopic (exact) mass is 384 g/mol. The van der Waals surface area contributed by atoms with E-state index in [2.05, 4.69) is 34.8 Å². The number of ether oxygens (including phenoxy) is 2. The maximum absolute atomic E-state index is 11.4. The van der Waals surface area contributed by atoms with Gasteiger partial charge in [-0.2, -0.15) is 0 Å². The Morgan fingerprint density at radius 2 is 2.08 bits per heavy atom. The van der Waals surface area contributed by atoms with Crippen molar-refractivity contribution in [2.75, 3.05) is 6.61 Å². The average molecular weight is 385 g/mol. The van der Waals surface area contributed by atoms with E-state index in [-0.39, 0.29) is 6.61 Å². The summed E-state index contributed by atoms with van der Waals surface area (Å²) in [6, 6.07) is 13.7. The largest absolute Gasteiger partial charge is 0.488 e. The minimum absolute atomic E-state index is 0.0292. The molecular weight excluding hydrogens is 368 g/mol. The van der Waals surface area contributed by atoms with Crippen LogP contribution in [0, 0.1) is 19.3 Å². The van der Waals surface area contributed by atoms with E-state index in [0.29, 0.717) is 6.61 Å². The molecule has 0 fully saturated rings. The highest BCUT2D eigenvalue weighted by Gasteiger charge is 2.04. The van der Waals surface area contributed by atoms with E-state index in [4.69, 9.17) is 15.9 Å². The first-order valence-corrected chi connectivity index (χ1v) is 8.14. The molecule has 3 nitrogen and oxygen atoms in total. The zero-order valence-electron chi connectivity index (χ0n) is 13.3. The molecule has 24 heavy (non-hydrogen) atoms. The maximum atomic E-state index is 11.4. The van der Waals surface area contributed by atoms with Crippen LogP contribution in [-0.2, 0) is 16.1 Å². The fraction of sp³-hybridized carbons (Fsp3) is 0.150. The van der Waals surface area contributed by atoms with Crippen LogP contribution in [0.3, 0.4) is 0 Å². The molecule has 0 heterocycles. The molecule has 0 spiro atoms. The molecule has 0 unspecified atom stereocenters. The lowest BCUT2D eigenvalue weighted by Crippen LogP contribution is -2.00. The van der Waals surface area contributed by atoms with E-state index in [0.717, 1.165) is 21.3 Å². The van der Waals surface area contributed by atoms with Gasteiger partial charge in [0.2, 0.25) is 0 Å². The molecule has 0 bridgehead atoms. The molecule has 0 amide bonds. The van der Waals surface area contributed by atoms with Crippen LogP contribution in [-0.4, -0.2) is 12.6 Å². The summed E-state index contributed by atoms with van der Waals surface area (Å²) in [6.07, 6.45) is 8.03. The van der Waals surface area contributed by atoms with Crippen LogP contribution in [0.25, 0.3) is 6.08 Å². The highest BCUT2D eigenvalue weighted by Crippen LogP contribution is 2.27. The lowest BCUT2D eigenvalue weighted by Gasteiger charge is -2.10. The third-order valence-electron chi connectivity index (χ3n) is 3.31. The summed E-state index contributed by atoms with van der Waals surface area (Å²) in [7, 11) is 0. The maximum Gasteiger partial charge on any atom is 0.331 e. The first kappa shape index (κ1) is 17.8. The van der Waals surface area contributed by atoms with Gasteiger partial charge in [0, 0.05) is 6.08 Å². The van der Waals surface area contributed by atoms with E-state index in [1.54, 1.807) is 6.08 Å². The average Bonchev–Trinajstić information content (AvgIpc) is 2.58. The minimum Gasteiger partial charge on any atom is -0.488 e. The predicted octanol–water partition coefficient (Wildman–Crippen LogP) is 4.53. The molecular formula is C20H17BrO3. The van der Waals surface area contributed by atoms with Crippen molar-refractivity contribution in [3.8, 4) is 18.1 Å². The van der Waals surface area contributed by atoms with Crippen molar-refractivity contribution in [1.29, 1.82) is 0 Å². The molecule has 0 aliphatic rings. The van der Waals surface area contributed by atoms with E-state index >= 15 is 0 Å². The van der Waals surface area contributed by atoms with E-state index < -0.39 is 5.97 Å². The first-order chi connectivity index (χ1) is 11.6. The fourth-order valence-electron chi connectivity index (χ4n) is 1.99. The Balaban J connectivity index is 1.99. The molecule has 0 aliphatic carbocycles. The molecule has 2 rings (SSSR count). The Hall–Kier alpha value is -2.51. The number of benzene rings is 2. The predicted molar refractivity (Wildman–Crippen MR) is 98.5 cm³/mol. The van der Waals surface area contributed by atoms with Crippen LogP contribution >= 0.6 is 15.9 Å². The Bertz CT molecular complexity index is 788. The van der Waals surface area contributed by atoms with Crippen LogP contribution in [0.2, 0.25) is 0 Å². The second-order valence-corrected chi connectivity index (χ2v) is 5.90. The summed E-state index contributed by atoms with van der Waals surface area (Å²) >= 11 is 3.49. The summed E-state index contributed by atoms with van der Waals surface area (Å²) in [5.74, 6) is 2.52. The van der Waals surface area contributed by atoms with Gasteiger partial charge in [-0.1, -0.05) is 36.3 Å². The Morgan fingerprint density at radius 1 is 1.29 bits per heavy atom. The number of halogens is 1. The van der Waals surface area contributed by atoms with Crippen LogP contribution in [0.1, 0.15) is 16.7 Å². The van der Waals surface area contributed by atoms with Crippen molar-refractivity contribution in [2.45, 2.75) is 13.5 Å². The summed E-state index contributed by atoms with van der Waals surface area (Å²) in [5, 5.41) is 0. The fourth-order valence-corrected chi connectivity index (χ4v) is 2.50. The van der Waals surface area contributed by atoms with Gasteiger partial charge in [0.05, 0.1) is 4.47 Å². The van der Waals surface area contributed by atoms with Crippen LogP contribution in [0.4, 0.5) is 0 Å². The number of rotatable bonds is 6. The van der Waals surface area contributed by atoms with Gasteiger partial charge >= 0.3 is 5.97 Å². The van der Waals surface area contributed by atoms with E-state index in [9.17, 15) is 4.79 Å². The van der Waals surface area contributed by atoms with Gasteiger partial charge in [0.25, 0.3) is 0 Å². The second-order valence-electron chi connectivity index (χ2n) is 5.05. The normalized spacial score (nSPS) is 10.4. The summed E-state index contributed by atoms with van der Waals surface area (Å²) in [5.41, 5.74) is 3.19. The van der Waals surface area contributed by atoms with Gasteiger partial charge in [0.1, 0.15) is 12.4 Å². The van der Waals surface area contributed by atoms with Crippen molar-refractivity contribution in [1.82, 2.24) is 0 Å². The lowest BCUT2D eigenvalue weighted by atomic mass is 10.1.